The molecule has 1 fully saturated rings. The number of likely N-dealkylation sites (tertiary alicyclic amines) is 1. The van der Waals surface area contributed by atoms with Crippen molar-refractivity contribution in [2.24, 2.45) is 11.3 Å². The average Bonchev–Trinajstić information content (AvgIpc) is 2.75. The number of hydrogen-bond donors (Lipinski definition) is 1. The van der Waals surface area contributed by atoms with Gasteiger partial charge in [0.05, 0.1) is 0 Å². The lowest BCUT2D eigenvalue weighted by Crippen LogP contribution is -2.38. The summed E-state index contributed by atoms with van der Waals surface area (Å²) in [6.07, 6.45) is 3.88. The van der Waals surface area contributed by atoms with E-state index in [0.29, 0.717) is 11.5 Å². The van der Waals surface area contributed by atoms with Crippen molar-refractivity contribution in [1.82, 2.24) is 10.2 Å². The molecule has 1 heterocycles. The maximum absolute atomic E-state index is 3.60. The summed E-state index contributed by atoms with van der Waals surface area (Å²) in [5.41, 5.74) is 0.473. The van der Waals surface area contributed by atoms with Crippen LogP contribution in [0.5, 0.6) is 0 Å². The minimum Gasteiger partial charge on any atom is -0.314 e. The molecular formula is C16H34N2. The zero-order chi connectivity index (χ0) is 13.8. The molecule has 18 heavy (non-hydrogen) atoms. The summed E-state index contributed by atoms with van der Waals surface area (Å²) >= 11 is 0. The number of nitrogens with zero attached hydrogens (tertiary/aromatic N) is 1. The van der Waals surface area contributed by atoms with Gasteiger partial charge in [-0.2, -0.15) is 0 Å². The van der Waals surface area contributed by atoms with Gasteiger partial charge in [0.15, 0.2) is 0 Å². The predicted octanol–water partition coefficient (Wildman–Crippen LogP) is 3.52. The third-order valence-electron chi connectivity index (χ3n) is 4.51. The van der Waals surface area contributed by atoms with Crippen LogP contribution in [0, 0.1) is 11.3 Å². The molecular weight excluding hydrogens is 220 g/mol. The highest BCUT2D eigenvalue weighted by atomic mass is 15.2. The monoisotopic (exact) mass is 254 g/mol. The largest absolute Gasteiger partial charge is 0.314 e. The minimum atomic E-state index is 0.473. The predicted molar refractivity (Wildman–Crippen MR) is 81.0 cm³/mol. The zero-order valence-electron chi connectivity index (χ0n) is 13.4. The molecule has 0 aromatic rings. The molecule has 3 atom stereocenters. The van der Waals surface area contributed by atoms with E-state index in [0.717, 1.165) is 18.5 Å². The van der Waals surface area contributed by atoms with Crippen molar-refractivity contribution in [3.8, 4) is 0 Å². The molecule has 1 rings (SSSR count). The fourth-order valence-electron chi connectivity index (χ4n) is 3.03. The highest BCUT2D eigenvalue weighted by Gasteiger charge is 2.33. The third kappa shape index (κ3) is 4.89. The Hall–Kier alpha value is -0.0800. The standard InChI is InChI=1S/C16H34N2/c1-7-9-17-13(2)11-14(3)18-10-8-15(12-18)16(4,5)6/h13-15,17H,7-12H2,1-6H3. The molecule has 0 aromatic heterocycles. The second-order valence-corrected chi connectivity index (χ2v) is 7.29. The Morgan fingerprint density at radius 3 is 2.44 bits per heavy atom. The molecule has 2 nitrogen and oxygen atoms in total. The Bertz CT molecular complexity index is 232. The van der Waals surface area contributed by atoms with Gasteiger partial charge in [-0.25, -0.2) is 0 Å². The fraction of sp³-hybridized carbons (Fsp3) is 1.00. The van der Waals surface area contributed by atoms with Gasteiger partial charge in [0.25, 0.3) is 0 Å². The van der Waals surface area contributed by atoms with Crippen LogP contribution >= 0.6 is 0 Å². The van der Waals surface area contributed by atoms with Crippen molar-refractivity contribution in [2.45, 2.75) is 72.9 Å². The van der Waals surface area contributed by atoms with Gasteiger partial charge in [-0.05, 0) is 57.5 Å². The molecule has 1 aliphatic heterocycles. The summed E-state index contributed by atoms with van der Waals surface area (Å²) in [7, 11) is 0. The van der Waals surface area contributed by atoms with Gasteiger partial charge in [0, 0.05) is 18.6 Å². The Morgan fingerprint density at radius 1 is 1.28 bits per heavy atom. The second-order valence-electron chi connectivity index (χ2n) is 7.29. The molecule has 0 aromatic carbocycles. The normalized spacial score (nSPS) is 25.3. The maximum atomic E-state index is 3.60. The first kappa shape index (κ1) is 16.0. The minimum absolute atomic E-state index is 0.473. The van der Waals surface area contributed by atoms with Gasteiger partial charge in [-0.3, -0.25) is 0 Å². The molecule has 1 N–H and O–H groups in total. The van der Waals surface area contributed by atoms with E-state index in [1.165, 1.54) is 32.4 Å². The van der Waals surface area contributed by atoms with Crippen LogP contribution in [0.3, 0.4) is 0 Å². The van der Waals surface area contributed by atoms with E-state index in [1.54, 1.807) is 0 Å². The average molecular weight is 254 g/mol. The van der Waals surface area contributed by atoms with Crippen molar-refractivity contribution in [3.05, 3.63) is 0 Å². The van der Waals surface area contributed by atoms with E-state index >= 15 is 0 Å². The van der Waals surface area contributed by atoms with E-state index in [-0.39, 0.29) is 0 Å². The van der Waals surface area contributed by atoms with Crippen molar-refractivity contribution >= 4 is 0 Å². The first-order valence-corrected chi connectivity index (χ1v) is 7.82. The zero-order valence-corrected chi connectivity index (χ0v) is 13.4. The van der Waals surface area contributed by atoms with Crippen molar-refractivity contribution < 1.29 is 0 Å². The van der Waals surface area contributed by atoms with Crippen LogP contribution in [0.4, 0.5) is 0 Å². The highest BCUT2D eigenvalue weighted by molar-refractivity contribution is 4.86. The molecule has 1 saturated heterocycles. The molecule has 3 unspecified atom stereocenters. The lowest BCUT2D eigenvalue weighted by atomic mass is 9.80. The molecule has 0 amide bonds. The van der Waals surface area contributed by atoms with E-state index < -0.39 is 0 Å². The topological polar surface area (TPSA) is 15.3 Å². The van der Waals surface area contributed by atoms with Crippen LogP contribution in [0.1, 0.15) is 60.8 Å². The Morgan fingerprint density at radius 2 is 1.94 bits per heavy atom. The quantitative estimate of drug-likeness (QED) is 0.780. The van der Waals surface area contributed by atoms with Crippen LogP contribution < -0.4 is 5.32 Å². The van der Waals surface area contributed by atoms with Crippen LogP contribution in [-0.4, -0.2) is 36.6 Å². The molecule has 108 valence electrons. The first-order chi connectivity index (χ1) is 8.34. The molecule has 2 heteroatoms. The lowest BCUT2D eigenvalue weighted by molar-refractivity contribution is 0.189. The van der Waals surface area contributed by atoms with Gasteiger partial charge in [-0.1, -0.05) is 27.7 Å². The fourth-order valence-corrected chi connectivity index (χ4v) is 3.03. The summed E-state index contributed by atoms with van der Waals surface area (Å²) in [4.78, 5) is 2.69. The van der Waals surface area contributed by atoms with Gasteiger partial charge < -0.3 is 10.2 Å². The number of nitrogens with one attached hydrogen (secondary N) is 1. The van der Waals surface area contributed by atoms with E-state index in [2.05, 4.69) is 51.8 Å². The molecule has 0 aliphatic carbocycles. The van der Waals surface area contributed by atoms with Crippen LogP contribution in [0.15, 0.2) is 0 Å². The van der Waals surface area contributed by atoms with Crippen LogP contribution in [0.2, 0.25) is 0 Å². The molecule has 0 saturated carbocycles. The Labute approximate surface area is 115 Å². The molecule has 1 aliphatic rings. The van der Waals surface area contributed by atoms with E-state index in [9.17, 15) is 0 Å². The van der Waals surface area contributed by atoms with Crippen molar-refractivity contribution in [2.75, 3.05) is 19.6 Å². The van der Waals surface area contributed by atoms with E-state index in [4.69, 9.17) is 0 Å². The van der Waals surface area contributed by atoms with Crippen LogP contribution in [0.25, 0.3) is 0 Å². The summed E-state index contributed by atoms with van der Waals surface area (Å²) in [6.45, 7) is 17.9. The highest BCUT2D eigenvalue weighted by Crippen LogP contribution is 2.34. The van der Waals surface area contributed by atoms with Gasteiger partial charge >= 0.3 is 0 Å². The summed E-state index contributed by atoms with van der Waals surface area (Å²) in [6, 6.07) is 1.37. The summed E-state index contributed by atoms with van der Waals surface area (Å²) in [5.74, 6) is 0.874. The molecule has 0 radical (unpaired) electrons. The lowest BCUT2D eigenvalue weighted by Gasteiger charge is -2.30. The Kier molecular flexibility index (Phi) is 6.13. The van der Waals surface area contributed by atoms with Crippen LogP contribution in [-0.2, 0) is 0 Å². The van der Waals surface area contributed by atoms with Crippen molar-refractivity contribution in [1.29, 1.82) is 0 Å². The number of hydrogen-bond acceptors (Lipinski definition) is 2. The molecule has 0 bridgehead atoms. The second kappa shape index (κ2) is 6.91. The summed E-state index contributed by atoms with van der Waals surface area (Å²) in [5, 5.41) is 3.60. The SMILES string of the molecule is CCCNC(C)CC(C)N1CCC(C(C)(C)C)C1. The van der Waals surface area contributed by atoms with Gasteiger partial charge in [0.2, 0.25) is 0 Å². The van der Waals surface area contributed by atoms with E-state index in [1.807, 2.05) is 0 Å². The third-order valence-corrected chi connectivity index (χ3v) is 4.51. The Balaban J connectivity index is 2.33. The smallest absolute Gasteiger partial charge is 0.00817 e. The molecule has 0 spiro atoms. The number of rotatable bonds is 6. The van der Waals surface area contributed by atoms with Crippen molar-refractivity contribution in [3.63, 3.8) is 0 Å². The summed E-state index contributed by atoms with van der Waals surface area (Å²) < 4.78 is 0. The maximum Gasteiger partial charge on any atom is 0.00817 e. The van der Waals surface area contributed by atoms with Gasteiger partial charge in [-0.15, -0.1) is 0 Å². The first-order valence-electron chi connectivity index (χ1n) is 7.82. The van der Waals surface area contributed by atoms with Gasteiger partial charge in [0.1, 0.15) is 0 Å².